The second-order valence-corrected chi connectivity index (χ2v) is 4.25. The molecule has 0 bridgehead atoms. The quantitative estimate of drug-likeness (QED) is 0.792. The number of halogens is 1. The first kappa shape index (κ1) is 11.4. The molecule has 0 spiro atoms. The average Bonchev–Trinajstić information content (AvgIpc) is 2.74. The molecule has 0 aliphatic carbocycles. The molecule has 2 rings (SSSR count). The molecule has 1 aliphatic rings. The predicted octanol–water partition coefficient (Wildman–Crippen LogP) is 1.82. The average molecular weight is 240 g/mol. The molecule has 0 aromatic carbocycles. The molecule has 1 saturated heterocycles. The summed E-state index contributed by atoms with van der Waals surface area (Å²) >= 11 is 5.84. The molecule has 1 aliphatic heterocycles. The van der Waals surface area contributed by atoms with Gasteiger partial charge < -0.3 is 10.6 Å². The molecule has 2 heterocycles. The molecular weight excluding hydrogens is 226 g/mol. The molecule has 16 heavy (non-hydrogen) atoms. The molecule has 0 saturated carbocycles. The van der Waals surface area contributed by atoms with Gasteiger partial charge in [-0.3, -0.25) is 4.79 Å². The van der Waals surface area contributed by atoms with Crippen molar-refractivity contribution in [3.05, 3.63) is 23.5 Å². The van der Waals surface area contributed by atoms with Crippen LogP contribution in [0.15, 0.2) is 18.3 Å². The van der Waals surface area contributed by atoms with E-state index in [2.05, 4.69) is 15.6 Å². The van der Waals surface area contributed by atoms with Gasteiger partial charge in [-0.05, 0) is 31.5 Å². The van der Waals surface area contributed by atoms with Crippen LogP contribution in [0.3, 0.4) is 0 Å². The van der Waals surface area contributed by atoms with Crippen LogP contribution < -0.4 is 10.6 Å². The van der Waals surface area contributed by atoms with Gasteiger partial charge in [-0.1, -0.05) is 11.6 Å². The first-order chi connectivity index (χ1) is 7.75. The number of amides is 1. The van der Waals surface area contributed by atoms with Crippen molar-refractivity contribution in [3.63, 3.8) is 0 Å². The lowest BCUT2D eigenvalue weighted by atomic mass is 10.1. The third-order valence-electron chi connectivity index (χ3n) is 2.63. The summed E-state index contributed by atoms with van der Waals surface area (Å²) in [5.41, 5.74) is 0.576. The number of hydrogen-bond acceptors (Lipinski definition) is 3. The van der Waals surface area contributed by atoms with Crippen LogP contribution in [0.1, 0.15) is 19.3 Å². The van der Waals surface area contributed by atoms with Gasteiger partial charge in [0, 0.05) is 18.7 Å². The zero-order chi connectivity index (χ0) is 11.4. The van der Waals surface area contributed by atoms with Crippen molar-refractivity contribution in [3.8, 4) is 0 Å². The summed E-state index contributed by atoms with van der Waals surface area (Å²) in [6.45, 7) is 1.01. The molecule has 2 N–H and O–H groups in total. The highest BCUT2D eigenvalue weighted by Gasteiger charge is 2.18. The van der Waals surface area contributed by atoms with Gasteiger partial charge in [0.1, 0.15) is 0 Å². The van der Waals surface area contributed by atoms with E-state index < -0.39 is 0 Å². The third-order valence-corrected chi connectivity index (χ3v) is 2.93. The van der Waals surface area contributed by atoms with Crippen LogP contribution in [-0.4, -0.2) is 23.5 Å². The number of carbonyl (C=O) groups is 1. The standard InChI is InChI=1S/C11H14ClN3O/c12-11-9(4-2-6-14-11)15-10(16)7-8-3-1-5-13-8/h2,4,6,8,13H,1,3,5,7H2,(H,15,16). The Morgan fingerprint density at radius 2 is 2.56 bits per heavy atom. The van der Waals surface area contributed by atoms with Crippen molar-refractivity contribution in [2.45, 2.75) is 25.3 Å². The van der Waals surface area contributed by atoms with Crippen LogP contribution in [0.2, 0.25) is 5.15 Å². The Morgan fingerprint density at radius 1 is 1.69 bits per heavy atom. The molecule has 4 nitrogen and oxygen atoms in total. The minimum Gasteiger partial charge on any atom is -0.323 e. The van der Waals surface area contributed by atoms with E-state index in [1.165, 1.54) is 0 Å². The summed E-state index contributed by atoms with van der Waals surface area (Å²) in [5, 5.41) is 6.37. The van der Waals surface area contributed by atoms with Gasteiger partial charge in [0.05, 0.1) is 5.69 Å². The van der Waals surface area contributed by atoms with Gasteiger partial charge in [0.25, 0.3) is 0 Å². The Hall–Kier alpha value is -1.13. The first-order valence-electron chi connectivity index (χ1n) is 5.39. The molecule has 1 aromatic rings. The molecule has 0 radical (unpaired) electrons. The van der Waals surface area contributed by atoms with Crippen LogP contribution in [0.25, 0.3) is 0 Å². The van der Waals surface area contributed by atoms with Crippen molar-refractivity contribution >= 4 is 23.2 Å². The van der Waals surface area contributed by atoms with Gasteiger partial charge in [-0.25, -0.2) is 4.98 Å². The van der Waals surface area contributed by atoms with E-state index in [1.54, 1.807) is 18.3 Å². The Balaban J connectivity index is 1.89. The van der Waals surface area contributed by atoms with Crippen LogP contribution >= 0.6 is 11.6 Å². The Morgan fingerprint density at radius 3 is 3.25 bits per heavy atom. The monoisotopic (exact) mass is 239 g/mol. The van der Waals surface area contributed by atoms with Gasteiger partial charge in [0.2, 0.25) is 5.91 Å². The van der Waals surface area contributed by atoms with E-state index in [0.717, 1.165) is 19.4 Å². The minimum absolute atomic E-state index is 0.0192. The molecular formula is C11H14ClN3O. The van der Waals surface area contributed by atoms with Gasteiger partial charge in [0.15, 0.2) is 5.15 Å². The van der Waals surface area contributed by atoms with E-state index >= 15 is 0 Å². The second kappa shape index (κ2) is 5.27. The van der Waals surface area contributed by atoms with E-state index in [-0.39, 0.29) is 5.91 Å². The number of carbonyl (C=O) groups excluding carboxylic acids is 1. The number of nitrogens with one attached hydrogen (secondary N) is 2. The number of aromatic nitrogens is 1. The van der Waals surface area contributed by atoms with E-state index in [0.29, 0.717) is 23.3 Å². The van der Waals surface area contributed by atoms with E-state index in [9.17, 15) is 4.79 Å². The fourth-order valence-electron chi connectivity index (χ4n) is 1.84. The van der Waals surface area contributed by atoms with Crippen molar-refractivity contribution in [2.24, 2.45) is 0 Å². The molecule has 1 fully saturated rings. The van der Waals surface area contributed by atoms with Crippen molar-refractivity contribution in [2.75, 3.05) is 11.9 Å². The molecule has 1 atom stereocenters. The van der Waals surface area contributed by atoms with Crippen LogP contribution in [-0.2, 0) is 4.79 Å². The first-order valence-corrected chi connectivity index (χ1v) is 5.77. The lowest BCUT2D eigenvalue weighted by Crippen LogP contribution is -2.27. The summed E-state index contributed by atoms with van der Waals surface area (Å²) in [6.07, 6.45) is 4.29. The smallest absolute Gasteiger partial charge is 0.226 e. The third kappa shape index (κ3) is 2.93. The maximum absolute atomic E-state index is 11.7. The summed E-state index contributed by atoms with van der Waals surface area (Å²) in [4.78, 5) is 15.6. The molecule has 1 unspecified atom stereocenters. The summed E-state index contributed by atoms with van der Waals surface area (Å²) < 4.78 is 0. The number of anilines is 1. The minimum atomic E-state index is -0.0192. The molecule has 5 heteroatoms. The van der Waals surface area contributed by atoms with Crippen LogP contribution in [0, 0.1) is 0 Å². The zero-order valence-corrected chi connectivity index (χ0v) is 9.63. The van der Waals surface area contributed by atoms with Gasteiger partial charge in [-0.15, -0.1) is 0 Å². The molecule has 1 aromatic heterocycles. The Kier molecular flexibility index (Phi) is 3.74. The Bertz CT molecular complexity index is 377. The normalized spacial score (nSPS) is 19.7. The van der Waals surface area contributed by atoms with E-state index in [1.807, 2.05) is 0 Å². The summed E-state index contributed by atoms with van der Waals surface area (Å²) in [7, 11) is 0. The second-order valence-electron chi connectivity index (χ2n) is 3.89. The molecule has 1 amide bonds. The zero-order valence-electron chi connectivity index (χ0n) is 8.87. The highest BCUT2D eigenvalue weighted by atomic mass is 35.5. The fraction of sp³-hybridized carbons (Fsp3) is 0.455. The lowest BCUT2D eigenvalue weighted by molar-refractivity contribution is -0.116. The molecule has 86 valence electrons. The number of pyridine rings is 1. The highest BCUT2D eigenvalue weighted by Crippen LogP contribution is 2.18. The summed E-state index contributed by atoms with van der Waals surface area (Å²) in [5.74, 6) is -0.0192. The highest BCUT2D eigenvalue weighted by molar-refractivity contribution is 6.32. The van der Waals surface area contributed by atoms with Gasteiger partial charge >= 0.3 is 0 Å². The SMILES string of the molecule is O=C(CC1CCCN1)Nc1cccnc1Cl. The largest absolute Gasteiger partial charge is 0.323 e. The fourth-order valence-corrected chi connectivity index (χ4v) is 2.00. The van der Waals surface area contributed by atoms with Crippen LogP contribution in [0.4, 0.5) is 5.69 Å². The van der Waals surface area contributed by atoms with Crippen LogP contribution in [0.5, 0.6) is 0 Å². The maximum atomic E-state index is 11.7. The summed E-state index contributed by atoms with van der Waals surface area (Å²) in [6, 6.07) is 3.79. The number of nitrogens with zero attached hydrogens (tertiary/aromatic N) is 1. The predicted molar refractivity (Wildman–Crippen MR) is 63.5 cm³/mol. The van der Waals surface area contributed by atoms with Crippen molar-refractivity contribution in [1.82, 2.24) is 10.3 Å². The lowest BCUT2D eigenvalue weighted by Gasteiger charge is -2.10. The van der Waals surface area contributed by atoms with Crippen molar-refractivity contribution < 1.29 is 4.79 Å². The van der Waals surface area contributed by atoms with Gasteiger partial charge in [-0.2, -0.15) is 0 Å². The topological polar surface area (TPSA) is 54.0 Å². The Labute approximate surface area is 99.4 Å². The van der Waals surface area contributed by atoms with Crippen molar-refractivity contribution in [1.29, 1.82) is 0 Å². The number of hydrogen-bond donors (Lipinski definition) is 2. The number of rotatable bonds is 3. The maximum Gasteiger partial charge on any atom is 0.226 e. The van der Waals surface area contributed by atoms with E-state index in [4.69, 9.17) is 11.6 Å².